The predicted octanol–water partition coefficient (Wildman–Crippen LogP) is 1.45. The first-order chi connectivity index (χ1) is 9.91. The lowest BCUT2D eigenvalue weighted by Crippen LogP contribution is -2.42. The van der Waals surface area contributed by atoms with Crippen molar-refractivity contribution >= 4 is 21.6 Å². The molecule has 1 aromatic rings. The summed E-state index contributed by atoms with van der Waals surface area (Å²) in [4.78, 5) is 12.2. The van der Waals surface area contributed by atoms with Gasteiger partial charge in [0.25, 0.3) is 0 Å². The van der Waals surface area contributed by atoms with E-state index >= 15 is 0 Å². The summed E-state index contributed by atoms with van der Waals surface area (Å²) in [6.45, 7) is 2.88. The van der Waals surface area contributed by atoms with Gasteiger partial charge in [-0.15, -0.1) is 0 Å². The molecule has 7 heteroatoms. The van der Waals surface area contributed by atoms with Gasteiger partial charge in [0.15, 0.2) is 0 Å². The number of rotatable bonds is 5. The molecule has 1 atom stereocenters. The summed E-state index contributed by atoms with van der Waals surface area (Å²) >= 11 is 0. The highest BCUT2D eigenvalue weighted by Gasteiger charge is 2.36. The van der Waals surface area contributed by atoms with Gasteiger partial charge in [-0.25, -0.2) is 8.42 Å². The molecule has 1 fully saturated rings. The van der Waals surface area contributed by atoms with Gasteiger partial charge < -0.3 is 10.1 Å². The normalized spacial score (nSPS) is 19.4. The summed E-state index contributed by atoms with van der Waals surface area (Å²) in [5.74, 6) is 0.441. The zero-order valence-corrected chi connectivity index (χ0v) is 13.0. The van der Waals surface area contributed by atoms with Crippen molar-refractivity contribution in [1.29, 1.82) is 0 Å². The van der Waals surface area contributed by atoms with Crippen LogP contribution >= 0.6 is 0 Å². The largest absolute Gasteiger partial charge is 0.494 e. The molecular formula is C14H20N2O4S. The SMILES string of the molecule is CCOc1ccc(NC(=O)C2CCCN2S(C)(=O)=O)cc1. The molecule has 2 rings (SSSR count). The summed E-state index contributed by atoms with van der Waals surface area (Å²) in [7, 11) is -3.35. The number of anilines is 1. The van der Waals surface area contributed by atoms with E-state index in [1.54, 1.807) is 24.3 Å². The molecule has 1 aliphatic heterocycles. The molecule has 0 radical (unpaired) electrons. The molecule has 21 heavy (non-hydrogen) atoms. The minimum atomic E-state index is -3.35. The lowest BCUT2D eigenvalue weighted by atomic mass is 10.2. The van der Waals surface area contributed by atoms with Gasteiger partial charge in [0.2, 0.25) is 15.9 Å². The molecule has 1 amide bonds. The first kappa shape index (κ1) is 15.8. The van der Waals surface area contributed by atoms with Gasteiger partial charge in [0.05, 0.1) is 12.9 Å². The van der Waals surface area contributed by atoms with Crippen molar-refractivity contribution < 1.29 is 17.9 Å². The van der Waals surface area contributed by atoms with Crippen LogP contribution in [0.2, 0.25) is 0 Å². The van der Waals surface area contributed by atoms with Gasteiger partial charge in [0, 0.05) is 12.2 Å². The Bertz CT molecular complexity index is 598. The molecular weight excluding hydrogens is 292 g/mol. The van der Waals surface area contributed by atoms with Crippen LogP contribution in [0.25, 0.3) is 0 Å². The molecule has 0 aliphatic carbocycles. The average Bonchev–Trinajstić information content (AvgIpc) is 2.90. The minimum Gasteiger partial charge on any atom is -0.494 e. The maximum Gasteiger partial charge on any atom is 0.242 e. The highest BCUT2D eigenvalue weighted by molar-refractivity contribution is 7.88. The fourth-order valence-corrected chi connectivity index (χ4v) is 3.55. The zero-order valence-electron chi connectivity index (χ0n) is 12.2. The van der Waals surface area contributed by atoms with Crippen molar-refractivity contribution in [3.05, 3.63) is 24.3 Å². The van der Waals surface area contributed by atoms with Crippen molar-refractivity contribution in [2.45, 2.75) is 25.8 Å². The smallest absolute Gasteiger partial charge is 0.242 e. The van der Waals surface area contributed by atoms with Gasteiger partial charge in [0.1, 0.15) is 11.8 Å². The Morgan fingerprint density at radius 3 is 2.62 bits per heavy atom. The van der Waals surface area contributed by atoms with Crippen LogP contribution in [0, 0.1) is 0 Å². The van der Waals surface area contributed by atoms with Crippen LogP contribution in [0.1, 0.15) is 19.8 Å². The maximum atomic E-state index is 12.2. The van der Waals surface area contributed by atoms with E-state index in [1.807, 2.05) is 6.92 Å². The Balaban J connectivity index is 2.04. The monoisotopic (exact) mass is 312 g/mol. The molecule has 0 saturated carbocycles. The van der Waals surface area contributed by atoms with E-state index in [1.165, 1.54) is 4.31 Å². The van der Waals surface area contributed by atoms with Gasteiger partial charge >= 0.3 is 0 Å². The number of nitrogens with zero attached hydrogens (tertiary/aromatic N) is 1. The molecule has 1 heterocycles. The fourth-order valence-electron chi connectivity index (χ4n) is 2.43. The van der Waals surface area contributed by atoms with Gasteiger partial charge in [-0.3, -0.25) is 4.79 Å². The first-order valence-electron chi connectivity index (χ1n) is 6.92. The highest BCUT2D eigenvalue weighted by atomic mass is 32.2. The predicted molar refractivity (Wildman–Crippen MR) is 80.8 cm³/mol. The van der Waals surface area contributed by atoms with E-state index in [9.17, 15) is 13.2 Å². The number of amides is 1. The van der Waals surface area contributed by atoms with E-state index in [2.05, 4.69) is 5.32 Å². The second kappa shape index (κ2) is 6.44. The lowest BCUT2D eigenvalue weighted by Gasteiger charge is -2.21. The van der Waals surface area contributed by atoms with Crippen molar-refractivity contribution in [2.75, 3.05) is 24.7 Å². The zero-order chi connectivity index (χ0) is 15.5. The summed E-state index contributed by atoms with van der Waals surface area (Å²) in [5.41, 5.74) is 0.629. The summed E-state index contributed by atoms with van der Waals surface area (Å²) < 4.78 is 29.9. The molecule has 0 aromatic heterocycles. The molecule has 1 saturated heterocycles. The highest BCUT2D eigenvalue weighted by Crippen LogP contribution is 2.22. The molecule has 0 bridgehead atoms. The second-order valence-electron chi connectivity index (χ2n) is 4.98. The molecule has 1 aromatic carbocycles. The standard InChI is InChI=1S/C14H20N2O4S/c1-3-20-12-8-6-11(7-9-12)15-14(17)13-5-4-10-16(13)21(2,18)19/h6-9,13H,3-5,10H2,1-2H3,(H,15,17). The Hall–Kier alpha value is -1.60. The number of carbonyl (C=O) groups is 1. The van der Waals surface area contributed by atoms with Crippen molar-refractivity contribution in [3.63, 3.8) is 0 Å². The third-order valence-corrected chi connectivity index (χ3v) is 4.65. The topological polar surface area (TPSA) is 75.7 Å². The Labute approximate surface area is 125 Å². The number of ether oxygens (including phenoxy) is 1. The fraction of sp³-hybridized carbons (Fsp3) is 0.500. The van der Waals surface area contributed by atoms with E-state index in [0.29, 0.717) is 31.7 Å². The molecule has 1 unspecified atom stereocenters. The number of nitrogens with one attached hydrogen (secondary N) is 1. The van der Waals surface area contributed by atoms with E-state index < -0.39 is 16.1 Å². The van der Waals surface area contributed by atoms with E-state index in [0.717, 1.165) is 12.0 Å². The van der Waals surface area contributed by atoms with Crippen LogP contribution in [-0.4, -0.2) is 44.1 Å². The molecule has 116 valence electrons. The van der Waals surface area contributed by atoms with Crippen molar-refractivity contribution in [3.8, 4) is 5.75 Å². The Kier molecular flexibility index (Phi) is 4.84. The molecule has 6 nitrogen and oxygen atoms in total. The van der Waals surface area contributed by atoms with E-state index in [-0.39, 0.29) is 5.91 Å². The van der Waals surface area contributed by atoms with Gasteiger partial charge in [-0.05, 0) is 44.0 Å². The summed E-state index contributed by atoms with van der Waals surface area (Å²) in [6, 6.07) is 6.39. The van der Waals surface area contributed by atoms with Crippen molar-refractivity contribution in [2.24, 2.45) is 0 Å². The first-order valence-corrected chi connectivity index (χ1v) is 8.77. The summed E-state index contributed by atoms with van der Waals surface area (Å²) in [5, 5.41) is 2.75. The molecule has 1 N–H and O–H groups in total. The molecule has 1 aliphatic rings. The van der Waals surface area contributed by atoms with Crippen molar-refractivity contribution in [1.82, 2.24) is 4.31 Å². The number of carbonyl (C=O) groups excluding carboxylic acids is 1. The van der Waals surface area contributed by atoms with Gasteiger partial charge in [-0.2, -0.15) is 4.31 Å². The number of benzene rings is 1. The van der Waals surface area contributed by atoms with Gasteiger partial charge in [-0.1, -0.05) is 0 Å². The van der Waals surface area contributed by atoms with Crippen LogP contribution in [0.3, 0.4) is 0 Å². The Morgan fingerprint density at radius 2 is 2.05 bits per heavy atom. The quantitative estimate of drug-likeness (QED) is 0.893. The average molecular weight is 312 g/mol. The minimum absolute atomic E-state index is 0.290. The third-order valence-electron chi connectivity index (χ3n) is 3.37. The lowest BCUT2D eigenvalue weighted by molar-refractivity contribution is -0.119. The number of hydrogen-bond donors (Lipinski definition) is 1. The van der Waals surface area contributed by atoms with Crippen LogP contribution in [0.4, 0.5) is 5.69 Å². The second-order valence-corrected chi connectivity index (χ2v) is 6.91. The van der Waals surface area contributed by atoms with Crippen LogP contribution in [-0.2, 0) is 14.8 Å². The number of hydrogen-bond acceptors (Lipinski definition) is 4. The van der Waals surface area contributed by atoms with Crippen LogP contribution < -0.4 is 10.1 Å². The maximum absolute atomic E-state index is 12.2. The van der Waals surface area contributed by atoms with Crippen LogP contribution in [0.15, 0.2) is 24.3 Å². The van der Waals surface area contributed by atoms with E-state index in [4.69, 9.17) is 4.74 Å². The van der Waals surface area contributed by atoms with Crippen LogP contribution in [0.5, 0.6) is 5.75 Å². The third kappa shape index (κ3) is 3.95. The summed E-state index contributed by atoms with van der Waals surface area (Å²) in [6.07, 6.45) is 2.39. The Morgan fingerprint density at radius 1 is 1.38 bits per heavy atom. The number of sulfonamides is 1. The molecule has 0 spiro atoms.